The number of fused-ring (bicyclic) bond motifs is 3. The molecule has 1 atom stereocenters. The number of pyridine rings is 1. The number of nitrogens with zero attached hydrogens (tertiary/aromatic N) is 5. The van der Waals surface area contributed by atoms with Gasteiger partial charge in [0.2, 0.25) is 0 Å². The third-order valence-corrected chi connectivity index (χ3v) is 7.51. The highest BCUT2D eigenvalue weighted by Gasteiger charge is 2.31. The number of aryl methyl sites for hydroxylation is 2. The molecule has 0 amide bonds. The topological polar surface area (TPSA) is 84.1 Å². The molecular formula is C29H28FN5O3. The number of methoxy groups -OCH3 is 1. The van der Waals surface area contributed by atoms with E-state index >= 15 is 4.39 Å². The molecule has 1 aliphatic rings. The van der Waals surface area contributed by atoms with E-state index in [-0.39, 0.29) is 17.5 Å². The SMILES string of the molecule is COC(=O)c1cc(F)c2c3ncc(-c4c(C)nnn4C)cc3n(C(c3ccccc3)C3CCOCC3)c2c1. The third kappa shape index (κ3) is 3.94. The summed E-state index contributed by atoms with van der Waals surface area (Å²) in [7, 11) is 3.14. The van der Waals surface area contributed by atoms with E-state index in [0.29, 0.717) is 29.6 Å². The summed E-state index contributed by atoms with van der Waals surface area (Å²) in [5, 5.41) is 8.74. The molecule has 6 rings (SSSR count). The highest BCUT2D eigenvalue weighted by Crippen LogP contribution is 2.42. The van der Waals surface area contributed by atoms with Gasteiger partial charge in [0.05, 0.1) is 52.0 Å². The monoisotopic (exact) mass is 513 g/mol. The van der Waals surface area contributed by atoms with E-state index in [1.54, 1.807) is 16.9 Å². The van der Waals surface area contributed by atoms with Gasteiger partial charge in [-0.2, -0.15) is 0 Å². The summed E-state index contributed by atoms with van der Waals surface area (Å²) < 4.78 is 30.3. The molecule has 194 valence electrons. The Labute approximate surface area is 219 Å². The fourth-order valence-electron chi connectivity index (χ4n) is 5.81. The second-order valence-corrected chi connectivity index (χ2v) is 9.76. The van der Waals surface area contributed by atoms with Crippen LogP contribution in [-0.2, 0) is 16.5 Å². The zero-order valence-electron chi connectivity index (χ0n) is 21.5. The predicted molar refractivity (Wildman–Crippen MR) is 141 cm³/mol. The van der Waals surface area contributed by atoms with Crippen molar-refractivity contribution in [2.24, 2.45) is 13.0 Å². The lowest BCUT2D eigenvalue weighted by molar-refractivity contribution is 0.0553. The molecule has 0 radical (unpaired) electrons. The molecule has 38 heavy (non-hydrogen) atoms. The lowest BCUT2D eigenvalue weighted by atomic mass is 9.86. The van der Waals surface area contributed by atoms with Crippen LogP contribution in [0.4, 0.5) is 4.39 Å². The highest BCUT2D eigenvalue weighted by molar-refractivity contribution is 6.09. The van der Waals surface area contributed by atoms with Crippen molar-refractivity contribution in [1.82, 2.24) is 24.5 Å². The molecule has 3 aromatic heterocycles. The second kappa shape index (κ2) is 9.64. The summed E-state index contributed by atoms with van der Waals surface area (Å²) in [6.45, 7) is 3.23. The van der Waals surface area contributed by atoms with E-state index in [1.165, 1.54) is 13.2 Å². The largest absolute Gasteiger partial charge is 0.465 e. The molecule has 1 saturated heterocycles. The third-order valence-electron chi connectivity index (χ3n) is 7.51. The van der Waals surface area contributed by atoms with E-state index in [2.05, 4.69) is 27.0 Å². The summed E-state index contributed by atoms with van der Waals surface area (Å²) in [6.07, 6.45) is 3.45. The summed E-state index contributed by atoms with van der Waals surface area (Å²) in [5.74, 6) is -0.863. The number of halogens is 1. The fraction of sp³-hybridized carbons (Fsp3) is 0.310. The van der Waals surface area contributed by atoms with Crippen LogP contribution < -0.4 is 0 Å². The predicted octanol–water partition coefficient (Wildman–Crippen LogP) is 5.24. The summed E-state index contributed by atoms with van der Waals surface area (Å²) in [6, 6.07) is 15.1. The molecule has 0 aliphatic carbocycles. The number of benzene rings is 2. The Morgan fingerprint density at radius 1 is 1.13 bits per heavy atom. The van der Waals surface area contributed by atoms with Gasteiger partial charge in [0.15, 0.2) is 0 Å². The molecule has 0 bridgehead atoms. The van der Waals surface area contributed by atoms with Gasteiger partial charge in [-0.25, -0.2) is 13.9 Å². The van der Waals surface area contributed by atoms with Crippen LogP contribution in [0.1, 0.15) is 40.5 Å². The van der Waals surface area contributed by atoms with Gasteiger partial charge in [-0.05, 0) is 49.4 Å². The van der Waals surface area contributed by atoms with Crippen molar-refractivity contribution in [3.63, 3.8) is 0 Å². The first-order chi connectivity index (χ1) is 18.5. The Morgan fingerprint density at radius 2 is 1.89 bits per heavy atom. The van der Waals surface area contributed by atoms with Gasteiger partial charge in [-0.15, -0.1) is 5.10 Å². The number of esters is 1. The number of aromatic nitrogens is 5. The number of carbonyl (C=O) groups is 1. The van der Waals surface area contributed by atoms with Crippen LogP contribution in [-0.4, -0.2) is 50.8 Å². The summed E-state index contributed by atoms with van der Waals surface area (Å²) in [5.41, 5.74) is 5.63. The first-order valence-electron chi connectivity index (χ1n) is 12.7. The quantitative estimate of drug-likeness (QED) is 0.299. The van der Waals surface area contributed by atoms with Crippen LogP contribution in [0.2, 0.25) is 0 Å². The summed E-state index contributed by atoms with van der Waals surface area (Å²) in [4.78, 5) is 17.3. The molecule has 8 nitrogen and oxygen atoms in total. The van der Waals surface area contributed by atoms with Crippen molar-refractivity contribution in [2.45, 2.75) is 25.8 Å². The van der Waals surface area contributed by atoms with Crippen LogP contribution in [0.5, 0.6) is 0 Å². The molecule has 1 fully saturated rings. The molecule has 0 N–H and O–H groups in total. The van der Waals surface area contributed by atoms with Crippen molar-refractivity contribution < 1.29 is 18.7 Å². The van der Waals surface area contributed by atoms with Crippen LogP contribution in [0.25, 0.3) is 33.2 Å². The van der Waals surface area contributed by atoms with E-state index in [4.69, 9.17) is 14.5 Å². The van der Waals surface area contributed by atoms with Gasteiger partial charge in [0, 0.05) is 32.0 Å². The average molecular weight is 514 g/mol. The zero-order chi connectivity index (χ0) is 26.4. The molecule has 2 aromatic carbocycles. The van der Waals surface area contributed by atoms with Crippen molar-refractivity contribution in [3.8, 4) is 11.3 Å². The van der Waals surface area contributed by atoms with E-state index < -0.39 is 11.8 Å². The molecular weight excluding hydrogens is 485 g/mol. The normalized spacial score (nSPS) is 15.3. The molecule has 0 spiro atoms. The Morgan fingerprint density at radius 3 is 2.58 bits per heavy atom. The minimum absolute atomic E-state index is 0.129. The van der Waals surface area contributed by atoms with Gasteiger partial charge in [0.25, 0.3) is 0 Å². The maximum absolute atomic E-state index is 15.8. The van der Waals surface area contributed by atoms with E-state index in [9.17, 15) is 4.79 Å². The van der Waals surface area contributed by atoms with E-state index in [0.717, 1.165) is 40.9 Å². The molecule has 1 aliphatic heterocycles. The first kappa shape index (κ1) is 24.2. The number of hydrogen-bond acceptors (Lipinski definition) is 6. The van der Waals surface area contributed by atoms with Crippen LogP contribution >= 0.6 is 0 Å². The first-order valence-corrected chi connectivity index (χ1v) is 12.7. The Balaban J connectivity index is 1.72. The minimum atomic E-state index is -0.588. The van der Waals surface area contributed by atoms with Crippen molar-refractivity contribution >= 4 is 27.9 Å². The van der Waals surface area contributed by atoms with E-state index in [1.807, 2.05) is 38.2 Å². The molecule has 9 heteroatoms. The van der Waals surface area contributed by atoms with Gasteiger partial charge in [-0.1, -0.05) is 35.5 Å². The lowest BCUT2D eigenvalue weighted by Gasteiger charge is -2.33. The van der Waals surface area contributed by atoms with Gasteiger partial charge < -0.3 is 14.0 Å². The van der Waals surface area contributed by atoms with Crippen molar-refractivity contribution in [2.75, 3.05) is 20.3 Å². The Bertz CT molecular complexity index is 1630. The Hall–Kier alpha value is -4.11. The number of hydrogen-bond donors (Lipinski definition) is 0. The average Bonchev–Trinajstić information content (AvgIpc) is 3.45. The number of carbonyl (C=O) groups excluding carboxylic acids is 1. The van der Waals surface area contributed by atoms with Crippen LogP contribution in [0.3, 0.4) is 0 Å². The number of ether oxygens (including phenoxy) is 2. The Kier molecular flexibility index (Phi) is 6.15. The van der Waals surface area contributed by atoms with Crippen LogP contribution in [0.15, 0.2) is 54.7 Å². The zero-order valence-corrected chi connectivity index (χ0v) is 21.5. The van der Waals surface area contributed by atoms with Gasteiger partial charge in [0.1, 0.15) is 5.82 Å². The highest BCUT2D eigenvalue weighted by atomic mass is 19.1. The lowest BCUT2D eigenvalue weighted by Crippen LogP contribution is -2.27. The van der Waals surface area contributed by atoms with Crippen molar-refractivity contribution in [1.29, 1.82) is 0 Å². The maximum atomic E-state index is 15.8. The van der Waals surface area contributed by atoms with Gasteiger partial charge in [-0.3, -0.25) is 4.98 Å². The molecule has 0 saturated carbocycles. The minimum Gasteiger partial charge on any atom is -0.465 e. The second-order valence-electron chi connectivity index (χ2n) is 9.76. The smallest absolute Gasteiger partial charge is 0.338 e. The van der Waals surface area contributed by atoms with Crippen molar-refractivity contribution in [3.05, 3.63) is 77.4 Å². The molecule has 4 heterocycles. The molecule has 5 aromatic rings. The maximum Gasteiger partial charge on any atom is 0.338 e. The van der Waals surface area contributed by atoms with Gasteiger partial charge >= 0.3 is 5.97 Å². The summed E-state index contributed by atoms with van der Waals surface area (Å²) >= 11 is 0. The number of rotatable bonds is 5. The fourth-order valence-corrected chi connectivity index (χ4v) is 5.81. The standard InChI is InChI=1S/C29H28FN5O3/c1-17-27(34(2)33-32-17)21-15-24-26(31-16-21)25-22(30)13-20(29(36)37-3)14-23(25)35(24)28(18-7-5-4-6-8-18)19-9-11-38-12-10-19/h4-8,13-16,19,28H,9-12H2,1-3H3. The van der Waals surface area contributed by atoms with Crippen LogP contribution in [0, 0.1) is 18.7 Å². The molecule has 1 unspecified atom stereocenters.